The maximum Gasteiger partial charge on any atom is 0.340 e. The van der Waals surface area contributed by atoms with Crippen LogP contribution in [0.15, 0.2) is 18.2 Å². The highest BCUT2D eigenvalue weighted by atomic mass is 35.5. The van der Waals surface area contributed by atoms with Crippen molar-refractivity contribution in [2.24, 2.45) is 0 Å². The molecule has 0 unspecified atom stereocenters. The van der Waals surface area contributed by atoms with Crippen LogP contribution in [0.5, 0.6) is 0 Å². The van der Waals surface area contributed by atoms with Gasteiger partial charge in [0.25, 0.3) is 11.6 Å². The zero-order chi connectivity index (χ0) is 16.5. The van der Waals surface area contributed by atoms with Gasteiger partial charge in [0.05, 0.1) is 15.5 Å². The van der Waals surface area contributed by atoms with Crippen LogP contribution in [0.2, 0.25) is 5.02 Å². The minimum absolute atomic E-state index is 0.0222. The van der Waals surface area contributed by atoms with Crippen molar-refractivity contribution >= 4 is 29.2 Å². The number of nitro groups is 1. The molecule has 0 heterocycles. The highest BCUT2D eigenvalue weighted by molar-refractivity contribution is 6.33. The number of benzene rings is 1. The normalized spacial score (nSPS) is 10.1. The van der Waals surface area contributed by atoms with Gasteiger partial charge in [0, 0.05) is 18.7 Å². The van der Waals surface area contributed by atoms with Gasteiger partial charge in [-0.05, 0) is 12.5 Å². The number of ether oxygens (including phenoxy) is 1. The van der Waals surface area contributed by atoms with E-state index in [1.54, 1.807) is 0 Å². The summed E-state index contributed by atoms with van der Waals surface area (Å²) in [7, 11) is 0. The third kappa shape index (κ3) is 5.69. The summed E-state index contributed by atoms with van der Waals surface area (Å²) in [6, 6.07) is 3.40. The second-order valence-electron chi connectivity index (χ2n) is 4.55. The van der Waals surface area contributed by atoms with Crippen LogP contribution < -0.4 is 5.32 Å². The molecule has 0 aliphatic carbocycles. The molecule has 0 saturated carbocycles. The van der Waals surface area contributed by atoms with E-state index in [-0.39, 0.29) is 16.3 Å². The van der Waals surface area contributed by atoms with Crippen molar-refractivity contribution in [3.63, 3.8) is 0 Å². The maximum atomic E-state index is 11.8. The molecule has 0 saturated heterocycles. The van der Waals surface area contributed by atoms with Gasteiger partial charge in [0.15, 0.2) is 6.61 Å². The van der Waals surface area contributed by atoms with E-state index in [4.69, 9.17) is 16.3 Å². The van der Waals surface area contributed by atoms with Gasteiger partial charge in [-0.3, -0.25) is 14.9 Å². The maximum absolute atomic E-state index is 11.8. The van der Waals surface area contributed by atoms with Crippen molar-refractivity contribution in [2.45, 2.75) is 26.2 Å². The number of carbonyl (C=O) groups excluding carboxylic acids is 2. The fourth-order valence-corrected chi connectivity index (χ4v) is 1.90. The summed E-state index contributed by atoms with van der Waals surface area (Å²) in [4.78, 5) is 33.2. The Hall–Kier alpha value is -2.15. The number of carbonyl (C=O) groups is 2. The summed E-state index contributed by atoms with van der Waals surface area (Å²) in [6.07, 6.45) is 2.92. The van der Waals surface area contributed by atoms with Crippen molar-refractivity contribution in [2.75, 3.05) is 13.2 Å². The van der Waals surface area contributed by atoms with Crippen LogP contribution in [0.1, 0.15) is 36.5 Å². The van der Waals surface area contributed by atoms with E-state index in [0.717, 1.165) is 31.4 Å². The second-order valence-corrected chi connectivity index (χ2v) is 4.96. The van der Waals surface area contributed by atoms with Gasteiger partial charge >= 0.3 is 5.97 Å². The monoisotopic (exact) mass is 328 g/mol. The Kier molecular flexibility index (Phi) is 7.31. The van der Waals surface area contributed by atoms with Gasteiger partial charge in [-0.2, -0.15) is 0 Å². The molecule has 0 spiro atoms. The van der Waals surface area contributed by atoms with Crippen LogP contribution in [0.4, 0.5) is 5.69 Å². The number of amides is 1. The van der Waals surface area contributed by atoms with Crippen LogP contribution >= 0.6 is 11.6 Å². The number of non-ortho nitro benzene ring substituents is 1. The lowest BCUT2D eigenvalue weighted by Crippen LogP contribution is -2.29. The molecule has 0 radical (unpaired) electrons. The quantitative estimate of drug-likeness (QED) is 0.342. The first-order valence-electron chi connectivity index (χ1n) is 6.83. The summed E-state index contributed by atoms with van der Waals surface area (Å²) in [6.45, 7) is 2.17. The molecular formula is C14H17ClN2O5. The van der Waals surface area contributed by atoms with Crippen LogP contribution in [-0.4, -0.2) is 30.0 Å². The standard InChI is InChI=1S/C14H17ClN2O5/c1-2-3-4-7-16-13(18)9-22-14(19)11-6-5-10(17(20)21)8-12(11)15/h5-6,8H,2-4,7,9H2,1H3,(H,16,18). The molecule has 1 aromatic rings. The van der Waals surface area contributed by atoms with Crippen LogP contribution in [0, 0.1) is 10.1 Å². The molecule has 0 fully saturated rings. The number of hydrogen-bond donors (Lipinski definition) is 1. The fourth-order valence-electron chi connectivity index (χ4n) is 1.65. The minimum atomic E-state index is -0.802. The topological polar surface area (TPSA) is 98.5 Å². The Morgan fingerprint density at radius 3 is 2.68 bits per heavy atom. The van der Waals surface area contributed by atoms with Crippen LogP contribution in [0.25, 0.3) is 0 Å². The molecule has 7 nitrogen and oxygen atoms in total. The number of nitrogens with one attached hydrogen (secondary N) is 1. The zero-order valence-corrected chi connectivity index (χ0v) is 12.9. The average Bonchev–Trinajstić information content (AvgIpc) is 2.49. The van der Waals surface area contributed by atoms with Gasteiger partial charge < -0.3 is 10.1 Å². The molecule has 1 aromatic carbocycles. The van der Waals surface area contributed by atoms with Crippen LogP contribution in [-0.2, 0) is 9.53 Å². The first-order valence-corrected chi connectivity index (χ1v) is 7.21. The number of nitrogens with zero attached hydrogens (tertiary/aromatic N) is 1. The Labute approximate surface area is 132 Å². The SMILES string of the molecule is CCCCCNC(=O)COC(=O)c1ccc([N+](=O)[O-])cc1Cl. The number of hydrogen-bond acceptors (Lipinski definition) is 5. The molecule has 0 atom stereocenters. The minimum Gasteiger partial charge on any atom is -0.452 e. The van der Waals surface area contributed by atoms with Gasteiger partial charge in [-0.25, -0.2) is 4.79 Å². The Morgan fingerprint density at radius 1 is 1.36 bits per heavy atom. The average molecular weight is 329 g/mol. The van der Waals surface area contributed by atoms with E-state index in [2.05, 4.69) is 12.2 Å². The van der Waals surface area contributed by atoms with Crippen molar-refractivity contribution in [1.29, 1.82) is 0 Å². The molecule has 22 heavy (non-hydrogen) atoms. The van der Waals surface area contributed by atoms with Gasteiger partial charge in [-0.15, -0.1) is 0 Å². The fraction of sp³-hybridized carbons (Fsp3) is 0.429. The number of rotatable bonds is 8. The van der Waals surface area contributed by atoms with Gasteiger partial charge in [0.2, 0.25) is 0 Å². The van der Waals surface area contributed by atoms with Crippen molar-refractivity contribution < 1.29 is 19.2 Å². The molecule has 120 valence electrons. The second kappa shape index (κ2) is 8.99. The lowest BCUT2D eigenvalue weighted by molar-refractivity contribution is -0.384. The number of nitro benzene ring substituents is 1. The molecule has 1 N–H and O–H groups in total. The number of esters is 1. The molecule has 0 aliphatic heterocycles. The summed E-state index contributed by atoms with van der Waals surface area (Å²) in [5.74, 6) is -1.20. The Bertz CT molecular complexity index is 562. The molecule has 1 amide bonds. The van der Waals surface area contributed by atoms with Crippen LogP contribution in [0.3, 0.4) is 0 Å². The van der Waals surface area contributed by atoms with E-state index >= 15 is 0 Å². The predicted molar refractivity (Wildman–Crippen MR) is 80.9 cm³/mol. The first kappa shape index (κ1) is 17.9. The number of unbranched alkanes of at least 4 members (excludes halogenated alkanes) is 2. The zero-order valence-electron chi connectivity index (χ0n) is 12.1. The molecular weight excluding hydrogens is 312 g/mol. The van der Waals surface area contributed by atoms with Crippen molar-refractivity contribution in [1.82, 2.24) is 5.32 Å². The van der Waals surface area contributed by atoms with E-state index < -0.39 is 23.4 Å². The highest BCUT2D eigenvalue weighted by Crippen LogP contribution is 2.23. The van der Waals surface area contributed by atoms with Crippen molar-refractivity contribution in [3.05, 3.63) is 38.9 Å². The molecule has 0 aliphatic rings. The largest absolute Gasteiger partial charge is 0.452 e. The molecule has 0 aromatic heterocycles. The van der Waals surface area contributed by atoms with Gasteiger partial charge in [0.1, 0.15) is 0 Å². The van der Waals surface area contributed by atoms with E-state index in [1.807, 2.05) is 0 Å². The number of halogens is 1. The third-order valence-corrected chi connectivity index (χ3v) is 3.13. The third-order valence-electron chi connectivity index (χ3n) is 2.82. The molecule has 0 bridgehead atoms. The molecule has 1 rings (SSSR count). The smallest absolute Gasteiger partial charge is 0.340 e. The summed E-state index contributed by atoms with van der Waals surface area (Å²) in [5, 5.41) is 13.1. The highest BCUT2D eigenvalue weighted by Gasteiger charge is 2.17. The summed E-state index contributed by atoms with van der Waals surface area (Å²) >= 11 is 5.80. The van der Waals surface area contributed by atoms with E-state index in [1.165, 1.54) is 6.07 Å². The summed E-state index contributed by atoms with van der Waals surface area (Å²) in [5.41, 5.74) is -0.249. The summed E-state index contributed by atoms with van der Waals surface area (Å²) < 4.78 is 4.82. The predicted octanol–water partition coefficient (Wildman–Crippen LogP) is 2.71. The lowest BCUT2D eigenvalue weighted by atomic mass is 10.2. The van der Waals surface area contributed by atoms with E-state index in [9.17, 15) is 19.7 Å². The Balaban J connectivity index is 2.48. The molecule has 8 heteroatoms. The first-order chi connectivity index (χ1) is 10.5. The lowest BCUT2D eigenvalue weighted by Gasteiger charge is -2.07. The van der Waals surface area contributed by atoms with Gasteiger partial charge in [-0.1, -0.05) is 31.4 Å². The van der Waals surface area contributed by atoms with E-state index in [0.29, 0.717) is 6.54 Å². The van der Waals surface area contributed by atoms with Crippen molar-refractivity contribution in [3.8, 4) is 0 Å². The Morgan fingerprint density at radius 2 is 2.09 bits per heavy atom.